The van der Waals surface area contributed by atoms with Gasteiger partial charge in [-0.3, -0.25) is 0 Å². The molecule has 1 aromatic carbocycles. The van der Waals surface area contributed by atoms with Crippen LogP contribution in [0.25, 0.3) is 21.6 Å². The molecule has 0 bridgehead atoms. The van der Waals surface area contributed by atoms with E-state index < -0.39 is 23.4 Å². The van der Waals surface area contributed by atoms with E-state index in [9.17, 15) is 14.9 Å². The number of amides is 2. The molecule has 3 rings (SSSR count). The van der Waals surface area contributed by atoms with Gasteiger partial charge < -0.3 is 9.47 Å². The van der Waals surface area contributed by atoms with Crippen LogP contribution in [0.5, 0.6) is 0 Å². The summed E-state index contributed by atoms with van der Waals surface area (Å²) >= 11 is 1.34. The van der Waals surface area contributed by atoms with Gasteiger partial charge in [0, 0.05) is 5.56 Å². The van der Waals surface area contributed by atoms with Crippen molar-refractivity contribution in [2.24, 2.45) is 0 Å². The smallest absolute Gasteiger partial charge is 0.425 e. The topological polar surface area (TPSA) is 105 Å². The van der Waals surface area contributed by atoms with Gasteiger partial charge in [-0.1, -0.05) is 12.1 Å². The Balaban J connectivity index is 2.20. The molecule has 0 N–H and O–H groups in total. The predicted octanol–water partition coefficient (Wildman–Crippen LogP) is 5.91. The van der Waals surface area contributed by atoms with Crippen LogP contribution in [-0.4, -0.2) is 33.4 Å². The summed E-state index contributed by atoms with van der Waals surface area (Å²) in [4.78, 5) is 36.7. The Kier molecular flexibility index (Phi) is 6.19. The average Bonchev–Trinajstić information content (AvgIpc) is 3.14. The molecule has 2 aromatic heterocycles. The summed E-state index contributed by atoms with van der Waals surface area (Å²) in [6, 6.07) is 10.6. The van der Waals surface area contributed by atoms with E-state index in [1.807, 2.05) is 0 Å². The van der Waals surface area contributed by atoms with Crippen molar-refractivity contribution < 1.29 is 19.1 Å². The monoisotopic (exact) mass is 452 g/mol. The molecule has 0 saturated heterocycles. The third-order valence-corrected chi connectivity index (χ3v) is 4.73. The van der Waals surface area contributed by atoms with Gasteiger partial charge >= 0.3 is 12.2 Å². The molecule has 2 heterocycles. The molecule has 3 aromatic rings. The first kappa shape index (κ1) is 23.2. The minimum absolute atomic E-state index is 0.0529. The number of carbonyl (C=O) groups excluding carboxylic acids is 2. The molecular weight excluding hydrogens is 428 g/mol. The number of aromatic nitrogens is 2. The lowest BCUT2D eigenvalue weighted by molar-refractivity contribution is 0.0429. The molecule has 0 spiro atoms. The number of benzene rings is 1. The molecule has 0 radical (unpaired) electrons. The van der Waals surface area contributed by atoms with Crippen molar-refractivity contribution in [1.29, 1.82) is 5.26 Å². The maximum Gasteiger partial charge on any atom is 0.425 e. The second kappa shape index (κ2) is 8.55. The van der Waals surface area contributed by atoms with Crippen molar-refractivity contribution in [3.05, 3.63) is 41.3 Å². The van der Waals surface area contributed by atoms with E-state index >= 15 is 0 Å². The van der Waals surface area contributed by atoms with E-state index in [0.717, 1.165) is 4.90 Å². The van der Waals surface area contributed by atoms with E-state index in [2.05, 4.69) is 16.0 Å². The lowest BCUT2D eigenvalue weighted by Gasteiger charge is -2.28. The highest BCUT2D eigenvalue weighted by Gasteiger charge is 2.35. The number of hydrogen-bond acceptors (Lipinski definition) is 8. The number of thiophene rings is 1. The van der Waals surface area contributed by atoms with Crippen LogP contribution in [-0.2, 0) is 9.47 Å². The van der Waals surface area contributed by atoms with Crippen molar-refractivity contribution in [1.82, 2.24) is 9.97 Å². The SMILES string of the molecule is CC(C)(C)OC(=O)N(C(=O)OC(C)(C)C)c1nc(-c2cccc(C#N)c2)nc2sccc12. The Hall–Kier alpha value is -3.51. The third-order valence-electron chi connectivity index (χ3n) is 3.92. The fourth-order valence-electron chi connectivity index (χ4n) is 2.73. The van der Waals surface area contributed by atoms with Crippen LogP contribution in [0.3, 0.4) is 0 Å². The van der Waals surface area contributed by atoms with Crippen molar-refractivity contribution in [2.75, 3.05) is 4.90 Å². The number of carbonyl (C=O) groups is 2. The lowest BCUT2D eigenvalue weighted by Crippen LogP contribution is -2.44. The van der Waals surface area contributed by atoms with Gasteiger partial charge in [0.25, 0.3) is 0 Å². The first-order chi connectivity index (χ1) is 14.9. The number of ether oxygens (including phenoxy) is 2. The van der Waals surface area contributed by atoms with Crippen LogP contribution in [0.2, 0.25) is 0 Å². The van der Waals surface area contributed by atoms with Crippen LogP contribution in [0, 0.1) is 11.3 Å². The number of nitrogens with zero attached hydrogens (tertiary/aromatic N) is 4. The highest BCUT2D eigenvalue weighted by atomic mass is 32.1. The standard InChI is InChI=1S/C23H24N4O4S/c1-22(2,3)30-20(28)27(21(29)31-23(4,5)6)18-16-10-11-32-19(16)26-17(25-18)15-9-7-8-14(12-15)13-24/h7-12H,1-6H3. The zero-order valence-corrected chi connectivity index (χ0v) is 19.6. The Morgan fingerprint density at radius 2 is 1.62 bits per heavy atom. The zero-order chi connectivity index (χ0) is 23.7. The number of fused-ring (bicyclic) bond motifs is 1. The number of anilines is 1. The van der Waals surface area contributed by atoms with Crippen LogP contribution < -0.4 is 4.90 Å². The zero-order valence-electron chi connectivity index (χ0n) is 18.8. The molecule has 0 aliphatic carbocycles. The normalized spacial score (nSPS) is 11.7. The van der Waals surface area contributed by atoms with Crippen molar-refractivity contribution >= 4 is 39.6 Å². The summed E-state index contributed by atoms with van der Waals surface area (Å²) < 4.78 is 11.0. The van der Waals surface area contributed by atoms with E-state index in [1.54, 1.807) is 77.3 Å². The Bertz CT molecular complexity index is 1190. The largest absolute Gasteiger partial charge is 0.443 e. The first-order valence-corrected chi connectivity index (χ1v) is 10.8. The fourth-order valence-corrected chi connectivity index (χ4v) is 3.49. The summed E-state index contributed by atoms with van der Waals surface area (Å²) in [5, 5.41) is 11.5. The van der Waals surface area contributed by atoms with Crippen molar-refractivity contribution in [2.45, 2.75) is 52.7 Å². The molecule has 0 aliphatic heterocycles. The van der Waals surface area contributed by atoms with E-state index in [4.69, 9.17) is 9.47 Å². The molecule has 0 fully saturated rings. The van der Waals surface area contributed by atoms with Gasteiger partial charge in [-0.05, 0) is 65.1 Å². The molecule has 0 unspecified atom stereocenters. The second-order valence-electron chi connectivity index (χ2n) is 9.00. The van der Waals surface area contributed by atoms with E-state index in [-0.39, 0.29) is 11.6 Å². The van der Waals surface area contributed by atoms with Gasteiger partial charge in [-0.25, -0.2) is 19.6 Å². The predicted molar refractivity (Wildman–Crippen MR) is 123 cm³/mol. The van der Waals surface area contributed by atoms with Gasteiger partial charge in [-0.15, -0.1) is 11.3 Å². The third kappa shape index (κ3) is 5.39. The summed E-state index contributed by atoms with van der Waals surface area (Å²) in [6.07, 6.45) is -1.82. The van der Waals surface area contributed by atoms with Crippen LogP contribution in [0.15, 0.2) is 35.7 Å². The van der Waals surface area contributed by atoms with Gasteiger partial charge in [-0.2, -0.15) is 10.2 Å². The Labute approximate surface area is 190 Å². The molecule has 32 heavy (non-hydrogen) atoms. The molecular formula is C23H24N4O4S. The molecule has 0 atom stereocenters. The minimum atomic E-state index is -0.908. The maximum atomic E-state index is 13.1. The van der Waals surface area contributed by atoms with Crippen LogP contribution in [0.1, 0.15) is 47.1 Å². The number of hydrogen-bond donors (Lipinski definition) is 0. The summed E-state index contributed by atoms with van der Waals surface area (Å²) in [6.45, 7) is 10.2. The highest BCUT2D eigenvalue weighted by Crippen LogP contribution is 2.32. The number of imide groups is 1. The van der Waals surface area contributed by atoms with Crippen LogP contribution in [0.4, 0.5) is 15.4 Å². The van der Waals surface area contributed by atoms with Crippen molar-refractivity contribution in [3.63, 3.8) is 0 Å². The number of nitriles is 1. The van der Waals surface area contributed by atoms with Gasteiger partial charge in [0.2, 0.25) is 0 Å². The van der Waals surface area contributed by atoms with Gasteiger partial charge in [0.15, 0.2) is 11.6 Å². The van der Waals surface area contributed by atoms with Crippen molar-refractivity contribution in [3.8, 4) is 17.5 Å². The van der Waals surface area contributed by atoms with Crippen LogP contribution >= 0.6 is 11.3 Å². The Morgan fingerprint density at radius 1 is 1.00 bits per heavy atom. The highest BCUT2D eigenvalue weighted by molar-refractivity contribution is 7.16. The molecule has 0 saturated carbocycles. The molecule has 8 nitrogen and oxygen atoms in total. The molecule has 9 heteroatoms. The van der Waals surface area contributed by atoms with Gasteiger partial charge in [0.1, 0.15) is 16.0 Å². The maximum absolute atomic E-state index is 13.1. The second-order valence-corrected chi connectivity index (χ2v) is 9.89. The fraction of sp³-hybridized carbons (Fsp3) is 0.348. The molecule has 2 amide bonds. The minimum Gasteiger partial charge on any atom is -0.443 e. The average molecular weight is 453 g/mol. The van der Waals surface area contributed by atoms with Gasteiger partial charge in [0.05, 0.1) is 17.0 Å². The lowest BCUT2D eigenvalue weighted by atomic mass is 10.1. The Morgan fingerprint density at radius 3 is 2.19 bits per heavy atom. The summed E-state index contributed by atoms with van der Waals surface area (Å²) in [5.41, 5.74) is -0.673. The summed E-state index contributed by atoms with van der Waals surface area (Å²) in [5.74, 6) is 0.321. The number of rotatable bonds is 2. The molecule has 0 aliphatic rings. The first-order valence-electron chi connectivity index (χ1n) is 9.90. The molecule has 166 valence electrons. The van der Waals surface area contributed by atoms with E-state index in [1.165, 1.54) is 11.3 Å². The van der Waals surface area contributed by atoms with E-state index in [0.29, 0.717) is 21.3 Å². The summed E-state index contributed by atoms with van der Waals surface area (Å²) in [7, 11) is 0. The quantitative estimate of drug-likeness (QED) is 0.476.